The Kier molecular flexibility index (Phi) is 5.76. The zero-order valence-corrected chi connectivity index (χ0v) is 13.5. The molecule has 4 nitrogen and oxygen atoms in total. The number of hydrogen-bond acceptors (Lipinski definition) is 3. The van der Waals surface area contributed by atoms with Gasteiger partial charge in [0.2, 0.25) is 5.91 Å². The Balaban J connectivity index is 1.83. The van der Waals surface area contributed by atoms with Crippen LogP contribution in [0.4, 0.5) is 11.4 Å². The number of carbonyl (C=O) groups is 1. The summed E-state index contributed by atoms with van der Waals surface area (Å²) in [5.41, 5.74) is 3.87. The number of anilines is 2. The van der Waals surface area contributed by atoms with Crippen LogP contribution in [0.15, 0.2) is 48.5 Å². The van der Waals surface area contributed by atoms with E-state index in [1.807, 2.05) is 36.4 Å². The van der Waals surface area contributed by atoms with Crippen LogP contribution in [-0.2, 0) is 11.2 Å². The lowest BCUT2D eigenvalue weighted by molar-refractivity contribution is -0.114. The second-order valence-corrected chi connectivity index (χ2v) is 5.71. The molecule has 23 heavy (non-hydrogen) atoms. The summed E-state index contributed by atoms with van der Waals surface area (Å²) in [6.07, 6.45) is 0.377. The maximum Gasteiger partial charge on any atom is 0.243 e. The minimum Gasteiger partial charge on any atom is -0.376 e. The summed E-state index contributed by atoms with van der Waals surface area (Å²) in [6.45, 7) is 4.51. The first-order chi connectivity index (χ1) is 11.1. The van der Waals surface area contributed by atoms with Crippen LogP contribution in [0, 0.1) is 11.3 Å². The Bertz CT molecular complexity index is 682. The van der Waals surface area contributed by atoms with Gasteiger partial charge in [0.15, 0.2) is 0 Å². The molecule has 0 aliphatic heterocycles. The lowest BCUT2D eigenvalue weighted by Crippen LogP contribution is -2.21. The van der Waals surface area contributed by atoms with Crippen LogP contribution in [0.3, 0.4) is 0 Å². The highest BCUT2D eigenvalue weighted by atomic mass is 16.1. The molecule has 1 amide bonds. The van der Waals surface area contributed by atoms with Crippen molar-refractivity contribution in [3.8, 4) is 6.07 Å². The van der Waals surface area contributed by atoms with Gasteiger partial charge in [0.05, 0.1) is 19.0 Å². The Morgan fingerprint density at radius 3 is 2.22 bits per heavy atom. The van der Waals surface area contributed by atoms with Gasteiger partial charge >= 0.3 is 0 Å². The van der Waals surface area contributed by atoms with Crippen LogP contribution >= 0.6 is 0 Å². The molecule has 4 heteroatoms. The molecule has 0 atom stereocenters. The van der Waals surface area contributed by atoms with Crippen molar-refractivity contribution in [3.63, 3.8) is 0 Å². The van der Waals surface area contributed by atoms with E-state index < -0.39 is 0 Å². The van der Waals surface area contributed by atoms with Crippen molar-refractivity contribution in [2.24, 2.45) is 0 Å². The molecule has 0 aliphatic rings. The third kappa shape index (κ3) is 5.15. The highest BCUT2D eigenvalue weighted by Gasteiger charge is 2.03. The summed E-state index contributed by atoms with van der Waals surface area (Å²) >= 11 is 0. The van der Waals surface area contributed by atoms with Gasteiger partial charge in [0.25, 0.3) is 0 Å². The van der Waals surface area contributed by atoms with Crippen molar-refractivity contribution in [1.82, 2.24) is 0 Å². The van der Waals surface area contributed by atoms with Crippen LogP contribution < -0.4 is 10.6 Å². The molecule has 2 N–H and O–H groups in total. The van der Waals surface area contributed by atoms with Gasteiger partial charge < -0.3 is 10.6 Å². The predicted molar refractivity (Wildman–Crippen MR) is 93.4 cm³/mol. The second kappa shape index (κ2) is 8.00. The van der Waals surface area contributed by atoms with Gasteiger partial charge in [0, 0.05) is 11.4 Å². The maximum atomic E-state index is 11.9. The average Bonchev–Trinajstić information content (AvgIpc) is 2.55. The standard InChI is InChI=1S/C19H21N3O/c1-14(2)16-5-9-17(10-6-16)21-13-19(23)22-18-7-3-15(4-8-18)11-12-20/h3-10,14,21H,11,13H2,1-2H3,(H,22,23). The van der Waals surface area contributed by atoms with Crippen LogP contribution in [0.2, 0.25) is 0 Å². The van der Waals surface area contributed by atoms with Crippen LogP contribution in [0.5, 0.6) is 0 Å². The number of hydrogen-bond donors (Lipinski definition) is 2. The van der Waals surface area contributed by atoms with Crippen molar-refractivity contribution < 1.29 is 4.79 Å². The Morgan fingerprint density at radius 1 is 1.04 bits per heavy atom. The number of nitrogens with one attached hydrogen (secondary N) is 2. The highest BCUT2D eigenvalue weighted by Crippen LogP contribution is 2.17. The van der Waals surface area contributed by atoms with Gasteiger partial charge in [-0.25, -0.2) is 0 Å². The molecule has 0 aromatic heterocycles. The van der Waals surface area contributed by atoms with Gasteiger partial charge in [0.1, 0.15) is 0 Å². The van der Waals surface area contributed by atoms with E-state index in [1.54, 1.807) is 0 Å². The van der Waals surface area contributed by atoms with Crippen molar-refractivity contribution in [1.29, 1.82) is 5.26 Å². The lowest BCUT2D eigenvalue weighted by Gasteiger charge is -2.10. The summed E-state index contributed by atoms with van der Waals surface area (Å²) in [7, 11) is 0. The van der Waals surface area contributed by atoms with E-state index in [2.05, 4.69) is 42.7 Å². The van der Waals surface area contributed by atoms with Gasteiger partial charge in [-0.2, -0.15) is 5.26 Å². The molecular weight excluding hydrogens is 286 g/mol. The SMILES string of the molecule is CC(C)c1ccc(NCC(=O)Nc2ccc(CC#N)cc2)cc1. The van der Waals surface area contributed by atoms with E-state index in [9.17, 15) is 4.79 Å². The number of nitrogens with zero attached hydrogens (tertiary/aromatic N) is 1. The number of amides is 1. The number of carbonyl (C=O) groups excluding carboxylic acids is 1. The predicted octanol–water partition coefficient (Wildman–Crippen LogP) is 3.93. The molecule has 2 aromatic rings. The van der Waals surface area contributed by atoms with E-state index in [0.29, 0.717) is 12.3 Å². The van der Waals surface area contributed by atoms with Crippen molar-refractivity contribution in [2.45, 2.75) is 26.2 Å². The molecule has 118 valence electrons. The molecule has 0 aliphatic carbocycles. The monoisotopic (exact) mass is 307 g/mol. The molecule has 2 rings (SSSR count). The van der Waals surface area contributed by atoms with E-state index >= 15 is 0 Å². The van der Waals surface area contributed by atoms with Crippen molar-refractivity contribution in [3.05, 3.63) is 59.7 Å². The van der Waals surface area contributed by atoms with Gasteiger partial charge in [-0.3, -0.25) is 4.79 Å². The lowest BCUT2D eigenvalue weighted by atomic mass is 10.0. The molecule has 0 fully saturated rings. The van der Waals surface area contributed by atoms with Gasteiger partial charge in [-0.15, -0.1) is 0 Å². The zero-order valence-electron chi connectivity index (χ0n) is 13.5. The third-order valence-corrected chi connectivity index (χ3v) is 3.55. The fourth-order valence-electron chi connectivity index (χ4n) is 2.17. The van der Waals surface area contributed by atoms with E-state index in [1.165, 1.54) is 5.56 Å². The van der Waals surface area contributed by atoms with Crippen molar-refractivity contribution >= 4 is 17.3 Å². The van der Waals surface area contributed by atoms with Gasteiger partial charge in [-0.05, 0) is 41.3 Å². The normalized spacial score (nSPS) is 10.2. The first-order valence-electron chi connectivity index (χ1n) is 7.68. The first-order valence-corrected chi connectivity index (χ1v) is 7.68. The van der Waals surface area contributed by atoms with E-state index in [-0.39, 0.29) is 12.5 Å². The Hall–Kier alpha value is -2.80. The van der Waals surface area contributed by atoms with E-state index in [4.69, 9.17) is 5.26 Å². The van der Waals surface area contributed by atoms with Crippen LogP contribution in [0.25, 0.3) is 0 Å². The maximum absolute atomic E-state index is 11.9. The highest BCUT2D eigenvalue weighted by molar-refractivity contribution is 5.93. The Morgan fingerprint density at radius 2 is 1.65 bits per heavy atom. The second-order valence-electron chi connectivity index (χ2n) is 5.71. The van der Waals surface area contributed by atoms with Crippen molar-refractivity contribution in [2.75, 3.05) is 17.2 Å². The fraction of sp³-hybridized carbons (Fsp3) is 0.263. The largest absolute Gasteiger partial charge is 0.376 e. The number of rotatable bonds is 6. The molecular formula is C19H21N3O. The van der Waals surface area contributed by atoms with E-state index in [0.717, 1.165) is 16.9 Å². The summed E-state index contributed by atoms with van der Waals surface area (Å²) in [4.78, 5) is 11.9. The van der Waals surface area contributed by atoms with Crippen LogP contribution in [-0.4, -0.2) is 12.5 Å². The molecule has 0 bridgehead atoms. The fourth-order valence-corrected chi connectivity index (χ4v) is 2.17. The molecule has 0 radical (unpaired) electrons. The summed E-state index contributed by atoms with van der Waals surface area (Å²) in [5, 5.41) is 14.6. The molecule has 0 unspecified atom stereocenters. The quantitative estimate of drug-likeness (QED) is 0.850. The average molecular weight is 307 g/mol. The smallest absolute Gasteiger partial charge is 0.243 e. The minimum atomic E-state index is -0.106. The molecule has 0 saturated heterocycles. The minimum absolute atomic E-state index is 0.106. The summed E-state index contributed by atoms with van der Waals surface area (Å²) in [5.74, 6) is 0.391. The third-order valence-electron chi connectivity index (χ3n) is 3.55. The first kappa shape index (κ1) is 16.6. The Labute approximate surface area is 137 Å². The number of nitriles is 1. The molecule has 0 saturated carbocycles. The molecule has 0 spiro atoms. The summed E-state index contributed by atoms with van der Waals surface area (Å²) in [6, 6.07) is 17.5. The van der Waals surface area contributed by atoms with Crippen LogP contribution in [0.1, 0.15) is 30.9 Å². The molecule has 0 heterocycles. The number of benzene rings is 2. The van der Waals surface area contributed by atoms with Gasteiger partial charge in [-0.1, -0.05) is 38.1 Å². The summed E-state index contributed by atoms with van der Waals surface area (Å²) < 4.78 is 0. The molecule has 2 aromatic carbocycles. The zero-order chi connectivity index (χ0) is 16.7. The topological polar surface area (TPSA) is 64.9 Å².